The van der Waals surface area contributed by atoms with Crippen molar-refractivity contribution in [3.63, 3.8) is 0 Å². The molecule has 0 heterocycles. The first-order valence-electron chi connectivity index (χ1n) is 9.63. The number of carbonyl (C=O) groups is 1. The van der Waals surface area contributed by atoms with Crippen molar-refractivity contribution in [2.24, 2.45) is 5.10 Å². The molecule has 0 aliphatic heterocycles. The summed E-state index contributed by atoms with van der Waals surface area (Å²) >= 11 is 0. The van der Waals surface area contributed by atoms with E-state index in [1.54, 1.807) is 18.3 Å². The lowest BCUT2D eigenvalue weighted by Gasteiger charge is -2.13. The number of nitrogens with zero attached hydrogens (tertiary/aromatic N) is 1. The number of rotatable bonds is 9. The first-order chi connectivity index (χ1) is 14.5. The van der Waals surface area contributed by atoms with Crippen LogP contribution in [0, 0.1) is 6.92 Å². The van der Waals surface area contributed by atoms with E-state index in [-0.39, 0.29) is 5.56 Å². The van der Waals surface area contributed by atoms with Crippen molar-refractivity contribution >= 4 is 17.9 Å². The van der Waals surface area contributed by atoms with E-state index in [2.05, 4.69) is 29.6 Å². The molecule has 0 unspecified atom stereocenters. The van der Waals surface area contributed by atoms with Crippen LogP contribution in [-0.2, 0) is 6.61 Å². The van der Waals surface area contributed by atoms with Gasteiger partial charge in [0.05, 0.1) is 24.1 Å². The van der Waals surface area contributed by atoms with E-state index in [1.165, 1.54) is 17.7 Å². The lowest BCUT2D eigenvalue weighted by atomic mass is 10.1. The molecule has 0 saturated carbocycles. The molecule has 0 atom stereocenters. The van der Waals surface area contributed by atoms with Crippen LogP contribution in [0.3, 0.4) is 0 Å². The first-order valence-corrected chi connectivity index (χ1v) is 9.63. The fourth-order valence-corrected chi connectivity index (χ4v) is 2.82. The maximum absolute atomic E-state index is 10.9. The Bertz CT molecular complexity index is 1030. The summed E-state index contributed by atoms with van der Waals surface area (Å²) in [6.07, 6.45) is 1.66. The van der Waals surface area contributed by atoms with Crippen LogP contribution in [0.2, 0.25) is 0 Å². The van der Waals surface area contributed by atoms with Crippen molar-refractivity contribution in [3.05, 3.63) is 89.0 Å². The number of hydrogen-bond donors (Lipinski definition) is 2. The van der Waals surface area contributed by atoms with Gasteiger partial charge in [-0.15, -0.1) is 0 Å². The summed E-state index contributed by atoms with van der Waals surface area (Å²) in [5.41, 5.74) is 6.94. The van der Waals surface area contributed by atoms with Crippen molar-refractivity contribution in [1.29, 1.82) is 0 Å². The van der Waals surface area contributed by atoms with E-state index in [0.717, 1.165) is 11.1 Å². The van der Waals surface area contributed by atoms with Crippen LogP contribution in [0.5, 0.6) is 11.5 Å². The molecular formula is C24H24N2O4. The molecule has 0 amide bonds. The predicted octanol–water partition coefficient (Wildman–Crippen LogP) is 5.12. The molecule has 3 aromatic carbocycles. The van der Waals surface area contributed by atoms with Gasteiger partial charge in [0.25, 0.3) is 0 Å². The summed E-state index contributed by atoms with van der Waals surface area (Å²) < 4.78 is 11.7. The molecular weight excluding hydrogens is 380 g/mol. The highest BCUT2D eigenvalue weighted by atomic mass is 16.5. The number of ether oxygens (including phenoxy) is 2. The molecule has 154 valence electrons. The second-order valence-electron chi connectivity index (χ2n) is 6.67. The summed E-state index contributed by atoms with van der Waals surface area (Å²) in [4.78, 5) is 10.9. The summed E-state index contributed by atoms with van der Waals surface area (Å²) in [7, 11) is 0. The minimum absolute atomic E-state index is 0.229. The monoisotopic (exact) mass is 404 g/mol. The van der Waals surface area contributed by atoms with Crippen molar-refractivity contribution < 1.29 is 19.4 Å². The summed E-state index contributed by atoms with van der Waals surface area (Å²) in [5.74, 6) is 0.367. The van der Waals surface area contributed by atoms with Crippen molar-refractivity contribution in [3.8, 4) is 11.5 Å². The number of anilines is 1. The van der Waals surface area contributed by atoms with Crippen molar-refractivity contribution in [2.45, 2.75) is 20.5 Å². The number of aromatic carboxylic acids is 1. The number of carboxylic acids is 1. The summed E-state index contributed by atoms with van der Waals surface area (Å²) in [6, 6.07) is 20.2. The summed E-state index contributed by atoms with van der Waals surface area (Å²) in [6.45, 7) is 4.96. The van der Waals surface area contributed by atoms with Crippen LogP contribution in [0.4, 0.5) is 5.69 Å². The molecule has 0 saturated heterocycles. The third kappa shape index (κ3) is 5.85. The smallest absolute Gasteiger partial charge is 0.335 e. The average molecular weight is 404 g/mol. The molecule has 3 rings (SSSR count). The Balaban J connectivity index is 1.66. The fraction of sp³-hybridized carbons (Fsp3) is 0.167. The zero-order valence-electron chi connectivity index (χ0n) is 17.0. The van der Waals surface area contributed by atoms with Crippen LogP contribution < -0.4 is 14.9 Å². The fourth-order valence-electron chi connectivity index (χ4n) is 2.82. The highest BCUT2D eigenvalue weighted by Crippen LogP contribution is 2.29. The SMILES string of the molecule is CCOc1cc(/C=N/Nc2ccc(C(=O)O)cc2)ccc1OCc1cccc(C)c1. The molecule has 0 fully saturated rings. The Morgan fingerprint density at radius 1 is 1.03 bits per heavy atom. The molecule has 0 spiro atoms. The zero-order valence-corrected chi connectivity index (χ0v) is 17.0. The van der Waals surface area contributed by atoms with Crippen LogP contribution in [0.1, 0.15) is 34.0 Å². The third-order valence-electron chi connectivity index (χ3n) is 4.28. The molecule has 0 radical (unpaired) electrons. The standard InChI is InChI=1S/C24H24N2O4/c1-3-29-23-14-18(15-25-26-21-10-8-20(9-11-21)24(27)28)7-12-22(23)30-16-19-6-4-5-17(2)13-19/h4-15,26H,3,16H2,1-2H3,(H,27,28)/b25-15+. The van der Waals surface area contributed by atoms with Gasteiger partial charge in [0.1, 0.15) is 6.61 Å². The molecule has 0 aliphatic carbocycles. The van der Waals surface area contributed by atoms with Gasteiger partial charge in [-0.25, -0.2) is 4.79 Å². The lowest BCUT2D eigenvalue weighted by Crippen LogP contribution is -2.01. The quantitative estimate of drug-likeness (QED) is 0.382. The summed E-state index contributed by atoms with van der Waals surface area (Å²) in [5, 5.41) is 13.1. The Kier molecular flexibility index (Phi) is 7.05. The van der Waals surface area contributed by atoms with E-state index < -0.39 is 5.97 Å². The molecule has 6 heteroatoms. The molecule has 0 bridgehead atoms. The molecule has 0 aliphatic rings. The van der Waals surface area contributed by atoms with Gasteiger partial charge >= 0.3 is 5.97 Å². The van der Waals surface area contributed by atoms with Gasteiger partial charge in [0.15, 0.2) is 11.5 Å². The highest BCUT2D eigenvalue weighted by molar-refractivity contribution is 5.88. The normalized spacial score (nSPS) is 10.7. The number of aryl methyl sites for hydroxylation is 1. The van der Waals surface area contributed by atoms with Crippen LogP contribution in [0.25, 0.3) is 0 Å². The Morgan fingerprint density at radius 2 is 1.83 bits per heavy atom. The third-order valence-corrected chi connectivity index (χ3v) is 4.28. The maximum atomic E-state index is 10.9. The molecule has 0 aromatic heterocycles. The van der Waals surface area contributed by atoms with Crippen molar-refractivity contribution in [1.82, 2.24) is 0 Å². The minimum atomic E-state index is -0.960. The second kappa shape index (κ2) is 10.1. The number of nitrogens with one attached hydrogen (secondary N) is 1. The van der Waals surface area contributed by atoms with Gasteiger partial charge in [-0.2, -0.15) is 5.10 Å². The van der Waals surface area contributed by atoms with E-state index in [1.807, 2.05) is 37.3 Å². The highest BCUT2D eigenvalue weighted by Gasteiger charge is 2.07. The van der Waals surface area contributed by atoms with Gasteiger partial charge in [-0.3, -0.25) is 5.43 Å². The Labute approximate surface area is 175 Å². The van der Waals surface area contributed by atoms with Gasteiger partial charge in [0, 0.05) is 0 Å². The zero-order chi connectivity index (χ0) is 21.3. The van der Waals surface area contributed by atoms with Crippen molar-refractivity contribution in [2.75, 3.05) is 12.0 Å². The number of benzene rings is 3. The van der Waals surface area contributed by atoms with E-state index in [0.29, 0.717) is 30.4 Å². The predicted molar refractivity (Wildman–Crippen MR) is 118 cm³/mol. The van der Waals surface area contributed by atoms with Crippen LogP contribution in [-0.4, -0.2) is 23.9 Å². The molecule has 3 aromatic rings. The maximum Gasteiger partial charge on any atom is 0.335 e. The lowest BCUT2D eigenvalue weighted by molar-refractivity contribution is 0.0697. The van der Waals surface area contributed by atoms with Gasteiger partial charge in [0.2, 0.25) is 0 Å². The molecule has 2 N–H and O–H groups in total. The number of hydrogen-bond acceptors (Lipinski definition) is 5. The van der Waals surface area contributed by atoms with Crippen LogP contribution >= 0.6 is 0 Å². The van der Waals surface area contributed by atoms with Gasteiger partial charge < -0.3 is 14.6 Å². The van der Waals surface area contributed by atoms with Gasteiger partial charge in [-0.05, 0) is 67.4 Å². The number of carboxylic acid groups (broad SMARTS) is 1. The largest absolute Gasteiger partial charge is 0.490 e. The number of hydrazone groups is 1. The molecule has 30 heavy (non-hydrogen) atoms. The minimum Gasteiger partial charge on any atom is -0.490 e. The Hall–Kier alpha value is -3.80. The molecule has 6 nitrogen and oxygen atoms in total. The average Bonchev–Trinajstić information content (AvgIpc) is 2.74. The van der Waals surface area contributed by atoms with Crippen LogP contribution in [0.15, 0.2) is 71.8 Å². The topological polar surface area (TPSA) is 80.2 Å². The van der Waals surface area contributed by atoms with E-state index in [9.17, 15) is 4.79 Å². The van der Waals surface area contributed by atoms with Gasteiger partial charge in [-0.1, -0.05) is 29.8 Å². The van der Waals surface area contributed by atoms with E-state index in [4.69, 9.17) is 14.6 Å². The first kappa shape index (κ1) is 20.9. The Morgan fingerprint density at radius 3 is 2.53 bits per heavy atom. The van der Waals surface area contributed by atoms with E-state index >= 15 is 0 Å². The second-order valence-corrected chi connectivity index (χ2v) is 6.67.